The molecule has 0 N–H and O–H groups in total. The van der Waals surface area contributed by atoms with Crippen LogP contribution in [0, 0.1) is 11.8 Å². The van der Waals surface area contributed by atoms with Gasteiger partial charge in [-0.1, -0.05) is 20.3 Å². The van der Waals surface area contributed by atoms with E-state index in [2.05, 4.69) is 45.8 Å². The summed E-state index contributed by atoms with van der Waals surface area (Å²) in [5, 5.41) is 4.41. The first-order chi connectivity index (χ1) is 6.68. The molecular formula is C11H17BrN2. The molecule has 0 bridgehead atoms. The van der Waals surface area contributed by atoms with Crippen LogP contribution in [-0.4, -0.2) is 9.78 Å². The van der Waals surface area contributed by atoms with Crippen LogP contribution in [0.15, 0.2) is 16.9 Å². The highest BCUT2D eigenvalue weighted by Crippen LogP contribution is 2.37. The molecule has 3 heteroatoms. The topological polar surface area (TPSA) is 17.8 Å². The highest BCUT2D eigenvalue weighted by molar-refractivity contribution is 9.10. The van der Waals surface area contributed by atoms with Crippen LogP contribution in [0.3, 0.4) is 0 Å². The first-order valence-electron chi connectivity index (χ1n) is 5.38. The SMILES string of the molecule is CC1CCCC(C)C1n1cc(Br)cn1. The molecule has 0 saturated heterocycles. The molecule has 0 radical (unpaired) electrons. The molecule has 14 heavy (non-hydrogen) atoms. The number of hydrogen-bond donors (Lipinski definition) is 0. The molecule has 0 aromatic carbocycles. The Morgan fingerprint density at radius 3 is 2.50 bits per heavy atom. The first-order valence-corrected chi connectivity index (χ1v) is 6.17. The molecule has 2 atom stereocenters. The van der Waals surface area contributed by atoms with Gasteiger partial charge in [0.2, 0.25) is 0 Å². The number of hydrogen-bond acceptors (Lipinski definition) is 1. The average Bonchev–Trinajstić information content (AvgIpc) is 2.51. The van der Waals surface area contributed by atoms with Crippen LogP contribution in [0.2, 0.25) is 0 Å². The summed E-state index contributed by atoms with van der Waals surface area (Å²) in [7, 11) is 0. The first kappa shape index (κ1) is 10.2. The minimum absolute atomic E-state index is 0.593. The zero-order valence-electron chi connectivity index (χ0n) is 8.78. The molecule has 1 aromatic heterocycles. The van der Waals surface area contributed by atoms with Gasteiger partial charge >= 0.3 is 0 Å². The second-order valence-corrected chi connectivity index (χ2v) is 5.43. The molecular weight excluding hydrogens is 240 g/mol. The van der Waals surface area contributed by atoms with Gasteiger partial charge in [-0.15, -0.1) is 0 Å². The Bertz CT molecular complexity index is 298. The Kier molecular flexibility index (Phi) is 2.96. The fraction of sp³-hybridized carbons (Fsp3) is 0.727. The van der Waals surface area contributed by atoms with Crippen LogP contribution in [0.5, 0.6) is 0 Å². The Morgan fingerprint density at radius 1 is 1.36 bits per heavy atom. The number of aromatic nitrogens is 2. The van der Waals surface area contributed by atoms with Crippen molar-refractivity contribution >= 4 is 15.9 Å². The fourth-order valence-electron chi connectivity index (χ4n) is 2.66. The Morgan fingerprint density at radius 2 is 2.00 bits per heavy atom. The van der Waals surface area contributed by atoms with Gasteiger partial charge in [-0.05, 0) is 40.6 Å². The minimum atomic E-state index is 0.593. The molecule has 1 saturated carbocycles. The van der Waals surface area contributed by atoms with E-state index in [1.165, 1.54) is 19.3 Å². The van der Waals surface area contributed by atoms with E-state index >= 15 is 0 Å². The zero-order chi connectivity index (χ0) is 10.1. The lowest BCUT2D eigenvalue weighted by Crippen LogP contribution is -2.28. The van der Waals surface area contributed by atoms with Crippen molar-refractivity contribution in [1.29, 1.82) is 0 Å². The van der Waals surface area contributed by atoms with Crippen LogP contribution in [0.1, 0.15) is 39.2 Å². The third-order valence-electron chi connectivity index (χ3n) is 3.36. The lowest BCUT2D eigenvalue weighted by atomic mass is 9.79. The third kappa shape index (κ3) is 1.88. The van der Waals surface area contributed by atoms with Crippen molar-refractivity contribution in [3.05, 3.63) is 16.9 Å². The van der Waals surface area contributed by atoms with Crippen LogP contribution >= 0.6 is 15.9 Å². The second-order valence-electron chi connectivity index (χ2n) is 4.51. The van der Waals surface area contributed by atoms with E-state index in [0.717, 1.165) is 16.3 Å². The molecule has 1 aliphatic carbocycles. The highest BCUT2D eigenvalue weighted by Gasteiger charge is 2.29. The Balaban J connectivity index is 2.22. The normalized spacial score (nSPS) is 33.2. The van der Waals surface area contributed by atoms with E-state index < -0.39 is 0 Å². The van der Waals surface area contributed by atoms with Crippen LogP contribution in [0.25, 0.3) is 0 Å². The Labute approximate surface area is 93.8 Å². The smallest absolute Gasteiger partial charge is 0.0632 e. The van der Waals surface area contributed by atoms with Crippen molar-refractivity contribution < 1.29 is 0 Å². The maximum Gasteiger partial charge on any atom is 0.0632 e. The van der Waals surface area contributed by atoms with Crippen molar-refractivity contribution in [2.45, 2.75) is 39.2 Å². The van der Waals surface area contributed by atoms with Crippen LogP contribution in [-0.2, 0) is 0 Å². The molecule has 0 aliphatic heterocycles. The minimum Gasteiger partial charge on any atom is -0.268 e. The van der Waals surface area contributed by atoms with E-state index in [9.17, 15) is 0 Å². The predicted molar refractivity (Wildman–Crippen MR) is 61.1 cm³/mol. The number of rotatable bonds is 1. The lowest BCUT2D eigenvalue weighted by molar-refractivity contribution is 0.170. The van der Waals surface area contributed by atoms with Gasteiger partial charge in [0.25, 0.3) is 0 Å². The summed E-state index contributed by atoms with van der Waals surface area (Å²) in [6.45, 7) is 4.69. The summed E-state index contributed by atoms with van der Waals surface area (Å²) >= 11 is 3.46. The van der Waals surface area contributed by atoms with Gasteiger partial charge in [-0.25, -0.2) is 0 Å². The molecule has 78 valence electrons. The third-order valence-corrected chi connectivity index (χ3v) is 3.77. The lowest BCUT2D eigenvalue weighted by Gasteiger charge is -2.34. The van der Waals surface area contributed by atoms with E-state index in [-0.39, 0.29) is 0 Å². The van der Waals surface area contributed by atoms with E-state index in [0.29, 0.717) is 6.04 Å². The zero-order valence-corrected chi connectivity index (χ0v) is 10.4. The molecule has 0 spiro atoms. The molecule has 1 heterocycles. The van der Waals surface area contributed by atoms with Crippen molar-refractivity contribution in [2.75, 3.05) is 0 Å². The van der Waals surface area contributed by atoms with Gasteiger partial charge < -0.3 is 0 Å². The standard InChI is InChI=1S/C11H17BrN2/c1-8-4-3-5-9(2)11(8)14-7-10(12)6-13-14/h6-9,11H,3-5H2,1-2H3. The molecule has 1 aromatic rings. The molecule has 2 rings (SSSR count). The van der Waals surface area contributed by atoms with E-state index in [4.69, 9.17) is 0 Å². The molecule has 2 unspecified atom stereocenters. The summed E-state index contributed by atoms with van der Waals surface area (Å²) in [6.07, 6.45) is 8.04. The van der Waals surface area contributed by atoms with Crippen LogP contribution < -0.4 is 0 Å². The monoisotopic (exact) mass is 256 g/mol. The molecule has 2 nitrogen and oxygen atoms in total. The molecule has 1 aliphatic rings. The van der Waals surface area contributed by atoms with Crippen LogP contribution in [0.4, 0.5) is 0 Å². The van der Waals surface area contributed by atoms with E-state index in [1.54, 1.807) is 0 Å². The van der Waals surface area contributed by atoms with Crippen molar-refractivity contribution in [2.24, 2.45) is 11.8 Å². The molecule has 0 amide bonds. The van der Waals surface area contributed by atoms with Crippen molar-refractivity contribution in [1.82, 2.24) is 9.78 Å². The summed E-state index contributed by atoms with van der Waals surface area (Å²) in [6, 6.07) is 0.593. The summed E-state index contributed by atoms with van der Waals surface area (Å²) in [5.41, 5.74) is 0. The van der Waals surface area contributed by atoms with Gasteiger partial charge in [-0.3, -0.25) is 4.68 Å². The van der Waals surface area contributed by atoms with Gasteiger partial charge in [0.15, 0.2) is 0 Å². The van der Waals surface area contributed by atoms with Gasteiger partial charge in [0, 0.05) is 6.20 Å². The number of nitrogens with zero attached hydrogens (tertiary/aromatic N) is 2. The van der Waals surface area contributed by atoms with E-state index in [1.807, 2.05) is 6.20 Å². The summed E-state index contributed by atoms with van der Waals surface area (Å²) < 4.78 is 3.22. The van der Waals surface area contributed by atoms with Crippen molar-refractivity contribution in [3.8, 4) is 0 Å². The summed E-state index contributed by atoms with van der Waals surface area (Å²) in [4.78, 5) is 0. The van der Waals surface area contributed by atoms with Crippen molar-refractivity contribution in [3.63, 3.8) is 0 Å². The average molecular weight is 257 g/mol. The van der Waals surface area contributed by atoms with Gasteiger partial charge in [0.1, 0.15) is 0 Å². The maximum atomic E-state index is 4.41. The molecule has 1 fully saturated rings. The van der Waals surface area contributed by atoms with Gasteiger partial charge in [-0.2, -0.15) is 5.10 Å². The predicted octanol–water partition coefficient (Wildman–Crippen LogP) is 3.64. The maximum absolute atomic E-state index is 4.41. The second kappa shape index (κ2) is 4.05. The largest absolute Gasteiger partial charge is 0.268 e. The summed E-state index contributed by atoms with van der Waals surface area (Å²) in [5.74, 6) is 1.51. The Hall–Kier alpha value is -0.310. The fourth-order valence-corrected chi connectivity index (χ4v) is 2.96. The van der Waals surface area contributed by atoms with Gasteiger partial charge in [0.05, 0.1) is 16.7 Å². The quantitative estimate of drug-likeness (QED) is 0.751. The highest BCUT2D eigenvalue weighted by atomic mass is 79.9. The number of halogens is 1.